The van der Waals surface area contributed by atoms with Crippen LogP contribution in [0.4, 0.5) is 0 Å². The van der Waals surface area contributed by atoms with Gasteiger partial charge in [-0.15, -0.1) is 0 Å². The van der Waals surface area contributed by atoms with Crippen LogP contribution in [0, 0.1) is 0 Å². The zero-order valence-corrected chi connectivity index (χ0v) is 27.9. The van der Waals surface area contributed by atoms with Gasteiger partial charge in [-0.2, -0.15) is 0 Å². The van der Waals surface area contributed by atoms with Gasteiger partial charge in [0.05, 0.1) is 0 Å². The van der Waals surface area contributed by atoms with Gasteiger partial charge in [0.25, 0.3) is 0 Å². The van der Waals surface area contributed by atoms with Gasteiger partial charge in [0.1, 0.15) is 0 Å². The van der Waals surface area contributed by atoms with E-state index in [-0.39, 0.29) is 7.92 Å². The number of benzene rings is 1. The van der Waals surface area contributed by atoms with E-state index in [4.69, 9.17) is 19.9 Å². The van der Waals surface area contributed by atoms with Crippen molar-refractivity contribution in [3.8, 4) is 0 Å². The van der Waals surface area contributed by atoms with E-state index in [1.54, 1.807) is 5.56 Å². The number of aromatic nitrogens is 4. The van der Waals surface area contributed by atoms with Crippen molar-refractivity contribution in [3.63, 3.8) is 0 Å². The van der Waals surface area contributed by atoms with E-state index in [0.29, 0.717) is 23.3 Å². The molecule has 41 heavy (non-hydrogen) atoms. The summed E-state index contributed by atoms with van der Waals surface area (Å²) in [4.78, 5) is 28.0. The Kier molecular flexibility index (Phi) is 1.81. The van der Waals surface area contributed by atoms with E-state index in [0.717, 1.165) is 45.4 Å². The zero-order valence-electron chi connectivity index (χ0n) is 24.8. The number of nitrogens with zero attached hydrogens (tertiary/aromatic N) is 4. The Morgan fingerprint density at radius 2 is 1.17 bits per heavy atom. The van der Waals surface area contributed by atoms with E-state index in [9.17, 15) is 0 Å². The first kappa shape index (κ1) is 22.3. The fourth-order valence-electron chi connectivity index (χ4n) is 23.6. The molecule has 13 rings (SSSR count). The molecule has 3 aromatic rings. The molecular formula is C34H40FeN4P2. The zero-order chi connectivity index (χ0) is 28.0. The molecule has 1 aromatic carbocycles. The van der Waals surface area contributed by atoms with Crippen molar-refractivity contribution >= 4 is 17.2 Å². The quantitative estimate of drug-likeness (QED) is 0.204. The summed E-state index contributed by atoms with van der Waals surface area (Å²) in [7, 11) is 3.30. The van der Waals surface area contributed by atoms with E-state index >= 15 is 0 Å². The van der Waals surface area contributed by atoms with Crippen LogP contribution >= 0.6 is 17.2 Å². The van der Waals surface area contributed by atoms with E-state index in [1.807, 2.05) is 36.9 Å². The Morgan fingerprint density at radius 1 is 0.707 bits per heavy atom. The van der Waals surface area contributed by atoms with Crippen molar-refractivity contribution < 1.29 is 6.51 Å². The number of fused-ring (bicyclic) bond motifs is 10. The van der Waals surface area contributed by atoms with Gasteiger partial charge in [0, 0.05) is 0 Å². The molecule has 0 N–H and O–H groups in total. The van der Waals surface area contributed by atoms with Gasteiger partial charge in [-0.3, -0.25) is 0 Å². The first-order valence-corrected chi connectivity index (χ1v) is 23.8. The first-order valence-electron chi connectivity index (χ1n) is 15.6. The van der Waals surface area contributed by atoms with Crippen LogP contribution in [-0.4, -0.2) is 36.4 Å². The predicted molar refractivity (Wildman–Crippen MR) is 166 cm³/mol. The summed E-state index contributed by atoms with van der Waals surface area (Å²) in [5.74, 6) is 1.98. The van der Waals surface area contributed by atoms with Crippen molar-refractivity contribution in [2.45, 2.75) is 104 Å². The Morgan fingerprint density at radius 3 is 1.59 bits per heavy atom. The van der Waals surface area contributed by atoms with Gasteiger partial charge in [0.2, 0.25) is 0 Å². The van der Waals surface area contributed by atoms with Crippen LogP contribution in [0.2, 0.25) is 42.3 Å². The molecular weight excluding hydrogens is 582 g/mol. The second-order valence-electron chi connectivity index (χ2n) is 19.2. The molecule has 6 unspecified atom stereocenters. The molecule has 0 saturated carbocycles. The molecule has 214 valence electrons. The first-order chi connectivity index (χ1) is 19.2. The minimum atomic E-state index is -4.40. The van der Waals surface area contributed by atoms with Crippen molar-refractivity contribution in [2.24, 2.45) is 0 Å². The molecule has 10 fully saturated rings. The van der Waals surface area contributed by atoms with Crippen LogP contribution in [-0.2, 0) is 16.0 Å². The molecule has 2 aromatic heterocycles. The summed E-state index contributed by atoms with van der Waals surface area (Å²) >= 11 is 0. The molecule has 4 nitrogen and oxygen atoms in total. The Hall–Kier alpha value is -1.24. The third-order valence-electron chi connectivity index (χ3n) is 20.9. The molecule has 0 amide bonds. The molecule has 0 radical (unpaired) electrons. The van der Waals surface area contributed by atoms with Gasteiger partial charge in [0.15, 0.2) is 0 Å². The van der Waals surface area contributed by atoms with E-state index in [1.165, 1.54) is 6.16 Å². The normalized spacial score (nSPS) is 61.2. The number of rotatable bonds is 6. The summed E-state index contributed by atoms with van der Waals surface area (Å²) in [6.45, 7) is 10.9. The van der Waals surface area contributed by atoms with Crippen LogP contribution in [0.15, 0.2) is 67.3 Å². The topological polar surface area (TPSA) is 51.6 Å². The Balaban J connectivity index is 1.19. The second-order valence-corrected chi connectivity index (χ2v) is 46.9. The molecule has 6 atom stereocenters. The molecule has 0 aliphatic carbocycles. The number of hydrogen-bond donors (Lipinski definition) is 0. The summed E-state index contributed by atoms with van der Waals surface area (Å²) in [6.07, 6.45) is 9.39. The minimum absolute atomic E-state index is 0.213. The maximum atomic E-state index is 5.14. The van der Waals surface area contributed by atoms with Crippen LogP contribution < -0.4 is 0 Å². The summed E-state index contributed by atoms with van der Waals surface area (Å²) in [5, 5.41) is 0.260. The van der Waals surface area contributed by atoms with Crippen LogP contribution in [0.5, 0.6) is 0 Å². The molecule has 10 aliphatic rings. The fourth-order valence-corrected chi connectivity index (χ4v) is 113. The van der Waals surface area contributed by atoms with Crippen molar-refractivity contribution in [2.75, 3.05) is 6.16 Å². The van der Waals surface area contributed by atoms with Crippen LogP contribution in [0.25, 0.3) is 0 Å². The van der Waals surface area contributed by atoms with Gasteiger partial charge < -0.3 is 0 Å². The average molecular weight is 623 g/mol. The van der Waals surface area contributed by atoms with Gasteiger partial charge in [-0.05, 0) is 0 Å². The molecule has 0 bridgehead atoms. The summed E-state index contributed by atoms with van der Waals surface area (Å²) in [5.41, 5.74) is 1.76. The number of hydrogen-bond acceptors (Lipinski definition) is 4. The molecule has 1 spiro atoms. The average Bonchev–Trinajstić information content (AvgIpc) is 3.90. The standard InChI is InChI=1S/C29H35N4P2.C5H5.Fe/c1-27(2,3)35(28(4,5)6)20-23-18-22(21-12-8-7-9-13-21)19-24(23)29(34,25-30-14-10-15-31-25)26-32-16-11-17-33-26;1-2-4-5-3-1;/h7-19H,20,34H2,1-6H3;1-5H;. The van der Waals surface area contributed by atoms with Crippen molar-refractivity contribution in [1.82, 2.24) is 19.9 Å². The van der Waals surface area contributed by atoms with Crippen molar-refractivity contribution in [3.05, 3.63) is 84.5 Å². The van der Waals surface area contributed by atoms with Gasteiger partial charge in [-0.25, -0.2) is 0 Å². The van der Waals surface area contributed by atoms with Crippen LogP contribution in [0.1, 0.15) is 58.8 Å². The molecule has 10 aliphatic heterocycles. The van der Waals surface area contributed by atoms with Crippen LogP contribution in [0.3, 0.4) is 0 Å². The Bertz CT molecular complexity index is 2120. The van der Waals surface area contributed by atoms with Crippen molar-refractivity contribution in [1.29, 1.82) is 0 Å². The molecule has 10 saturated heterocycles. The monoisotopic (exact) mass is 622 g/mol. The van der Waals surface area contributed by atoms with E-state index in [2.05, 4.69) is 81.1 Å². The fraction of sp³-hybridized carbons (Fsp3) is 0.588. The van der Waals surface area contributed by atoms with Gasteiger partial charge in [-0.1, -0.05) is 0 Å². The predicted octanol–water partition coefficient (Wildman–Crippen LogP) is 8.70. The molecule has 7 heteroatoms. The Labute approximate surface area is 237 Å². The summed E-state index contributed by atoms with van der Waals surface area (Å²) in [6, 6.07) is 16.1. The maximum absolute atomic E-state index is 5.14. The third-order valence-corrected chi connectivity index (χ3v) is 70.4. The SMILES string of the molecule is CC(C)(C)P(C[C]12[CH]3[C]4(c5ccccc5)[CH]5[C]1(C(P)(c1ncccn1)c1ncccn1)[Fe]35421678[CH]2[CH]1[CH]6[CH]7[CH]28)C(C)(C)C. The molecule has 12 heterocycles. The second kappa shape index (κ2) is 3.33. The van der Waals surface area contributed by atoms with Gasteiger partial charge >= 0.3 is 238 Å². The van der Waals surface area contributed by atoms with E-state index < -0.39 is 11.7 Å². The summed E-state index contributed by atoms with van der Waals surface area (Å²) < 4.78 is 1.39. The third kappa shape index (κ3) is 0.557.